The minimum atomic E-state index is -0.488. The molecule has 0 aliphatic carbocycles. The van der Waals surface area contributed by atoms with Crippen LogP contribution in [0.15, 0.2) is 78.0 Å². The van der Waals surface area contributed by atoms with Gasteiger partial charge in [0.1, 0.15) is 11.6 Å². The maximum atomic E-state index is 13.7. The fraction of sp³-hybridized carbons (Fsp3) is 0.167. The third-order valence-corrected chi connectivity index (χ3v) is 5.23. The standard InChI is InChI=1S/C24H19ClF2N2O2/c25-19-8-6-17(7-9-19)23-13-22(31-28-23)15-29(14-16-4-10-20(26)11-5-16)24(30)18-2-1-3-21(27)12-18/h1-12,22H,13-15H2. The van der Waals surface area contributed by atoms with Crippen molar-refractivity contribution < 1.29 is 18.4 Å². The van der Waals surface area contributed by atoms with Crippen molar-refractivity contribution in [2.75, 3.05) is 6.54 Å². The van der Waals surface area contributed by atoms with Gasteiger partial charge in [0.15, 0.2) is 6.10 Å². The van der Waals surface area contributed by atoms with Crippen LogP contribution in [0.25, 0.3) is 0 Å². The van der Waals surface area contributed by atoms with Gasteiger partial charge in [0.25, 0.3) is 5.91 Å². The maximum absolute atomic E-state index is 13.7. The summed E-state index contributed by atoms with van der Waals surface area (Å²) in [6.45, 7) is 0.471. The summed E-state index contributed by atoms with van der Waals surface area (Å²) in [7, 11) is 0. The second-order valence-electron chi connectivity index (χ2n) is 7.30. The van der Waals surface area contributed by atoms with Crippen LogP contribution in [-0.4, -0.2) is 29.2 Å². The Morgan fingerprint density at radius 1 is 1.03 bits per heavy atom. The molecule has 1 atom stereocenters. The fourth-order valence-electron chi connectivity index (χ4n) is 3.42. The summed E-state index contributed by atoms with van der Waals surface area (Å²) < 4.78 is 27.0. The molecule has 0 bridgehead atoms. The Morgan fingerprint density at radius 2 is 1.77 bits per heavy atom. The van der Waals surface area contributed by atoms with Gasteiger partial charge in [-0.1, -0.05) is 47.1 Å². The number of benzene rings is 3. The van der Waals surface area contributed by atoms with Gasteiger partial charge in [0, 0.05) is 23.6 Å². The Hall–Kier alpha value is -3.25. The second-order valence-corrected chi connectivity index (χ2v) is 7.74. The molecule has 4 rings (SSSR count). The molecule has 3 aromatic rings. The SMILES string of the molecule is O=C(c1cccc(F)c1)N(Cc1ccc(F)cc1)CC1CC(c2ccc(Cl)cc2)=NO1. The predicted octanol–water partition coefficient (Wildman–Crippen LogP) is 5.45. The van der Waals surface area contributed by atoms with E-state index >= 15 is 0 Å². The first-order valence-electron chi connectivity index (χ1n) is 9.76. The van der Waals surface area contributed by atoms with Crippen LogP contribution >= 0.6 is 11.6 Å². The van der Waals surface area contributed by atoms with E-state index < -0.39 is 5.82 Å². The summed E-state index contributed by atoms with van der Waals surface area (Å²) in [4.78, 5) is 20.3. The molecule has 1 amide bonds. The van der Waals surface area contributed by atoms with E-state index in [0.717, 1.165) is 16.8 Å². The van der Waals surface area contributed by atoms with E-state index in [1.165, 1.54) is 30.3 Å². The van der Waals surface area contributed by atoms with Crippen molar-refractivity contribution in [3.63, 3.8) is 0 Å². The number of rotatable bonds is 6. The molecule has 0 radical (unpaired) electrons. The summed E-state index contributed by atoms with van der Waals surface area (Å²) in [5.74, 6) is -1.18. The highest BCUT2D eigenvalue weighted by Crippen LogP contribution is 2.21. The van der Waals surface area contributed by atoms with Gasteiger partial charge in [-0.3, -0.25) is 4.79 Å². The van der Waals surface area contributed by atoms with Gasteiger partial charge in [-0.15, -0.1) is 0 Å². The van der Waals surface area contributed by atoms with Gasteiger partial charge in [-0.25, -0.2) is 8.78 Å². The van der Waals surface area contributed by atoms with Crippen molar-refractivity contribution in [1.82, 2.24) is 4.90 Å². The Morgan fingerprint density at radius 3 is 2.48 bits per heavy atom. The molecule has 4 nitrogen and oxygen atoms in total. The molecule has 0 saturated carbocycles. The number of carbonyl (C=O) groups is 1. The minimum Gasteiger partial charge on any atom is -0.390 e. The van der Waals surface area contributed by atoms with Crippen molar-refractivity contribution in [2.24, 2.45) is 5.16 Å². The molecular weight excluding hydrogens is 422 g/mol. The van der Waals surface area contributed by atoms with Crippen LogP contribution in [0.1, 0.15) is 27.9 Å². The zero-order valence-electron chi connectivity index (χ0n) is 16.5. The van der Waals surface area contributed by atoms with Gasteiger partial charge in [0.05, 0.1) is 12.3 Å². The molecule has 158 valence electrons. The molecule has 1 aliphatic heterocycles. The molecule has 0 aromatic heterocycles. The average Bonchev–Trinajstić information content (AvgIpc) is 3.23. The van der Waals surface area contributed by atoms with Crippen molar-refractivity contribution in [1.29, 1.82) is 0 Å². The lowest BCUT2D eigenvalue weighted by atomic mass is 10.0. The maximum Gasteiger partial charge on any atom is 0.254 e. The lowest BCUT2D eigenvalue weighted by Gasteiger charge is -2.25. The first-order valence-corrected chi connectivity index (χ1v) is 10.1. The highest BCUT2D eigenvalue weighted by atomic mass is 35.5. The number of oxime groups is 1. The molecule has 3 aromatic carbocycles. The number of carbonyl (C=O) groups excluding carboxylic acids is 1. The van der Waals surface area contributed by atoms with E-state index in [4.69, 9.17) is 16.4 Å². The molecule has 7 heteroatoms. The molecular formula is C24H19ClF2N2O2. The summed E-state index contributed by atoms with van der Waals surface area (Å²) in [6.07, 6.45) is 0.154. The zero-order valence-corrected chi connectivity index (χ0v) is 17.2. The largest absolute Gasteiger partial charge is 0.390 e. The van der Waals surface area contributed by atoms with E-state index in [-0.39, 0.29) is 36.5 Å². The number of halogens is 3. The van der Waals surface area contributed by atoms with Crippen molar-refractivity contribution >= 4 is 23.2 Å². The monoisotopic (exact) mass is 440 g/mol. The Bertz CT molecular complexity index is 1100. The van der Waals surface area contributed by atoms with E-state index in [2.05, 4.69) is 5.16 Å². The van der Waals surface area contributed by atoms with Crippen LogP contribution in [0.4, 0.5) is 8.78 Å². The molecule has 0 saturated heterocycles. The zero-order chi connectivity index (χ0) is 21.8. The number of hydrogen-bond donors (Lipinski definition) is 0. The smallest absolute Gasteiger partial charge is 0.254 e. The van der Waals surface area contributed by atoms with Gasteiger partial charge in [0.2, 0.25) is 0 Å². The van der Waals surface area contributed by atoms with Gasteiger partial charge in [-0.2, -0.15) is 0 Å². The second kappa shape index (κ2) is 9.27. The summed E-state index contributed by atoms with van der Waals surface area (Å²) in [6, 6.07) is 18.7. The molecule has 0 fully saturated rings. The third-order valence-electron chi connectivity index (χ3n) is 4.98. The Balaban J connectivity index is 1.51. The molecule has 0 N–H and O–H groups in total. The quantitative estimate of drug-likeness (QED) is 0.511. The van der Waals surface area contributed by atoms with E-state index in [1.54, 1.807) is 35.2 Å². The van der Waals surface area contributed by atoms with Crippen LogP contribution in [0.2, 0.25) is 5.02 Å². The van der Waals surface area contributed by atoms with Gasteiger partial charge >= 0.3 is 0 Å². The normalized spacial score (nSPS) is 15.3. The minimum absolute atomic E-state index is 0.228. The van der Waals surface area contributed by atoms with Crippen molar-refractivity contribution in [3.8, 4) is 0 Å². The van der Waals surface area contributed by atoms with E-state index in [9.17, 15) is 13.6 Å². The molecule has 1 heterocycles. The van der Waals surface area contributed by atoms with Crippen molar-refractivity contribution in [2.45, 2.75) is 19.1 Å². The van der Waals surface area contributed by atoms with Crippen LogP contribution in [0, 0.1) is 11.6 Å². The highest BCUT2D eigenvalue weighted by molar-refractivity contribution is 6.30. The lowest BCUT2D eigenvalue weighted by Crippen LogP contribution is -2.37. The molecule has 1 unspecified atom stereocenters. The fourth-order valence-corrected chi connectivity index (χ4v) is 3.54. The van der Waals surface area contributed by atoms with Gasteiger partial charge in [-0.05, 0) is 53.6 Å². The number of nitrogens with zero attached hydrogens (tertiary/aromatic N) is 2. The summed E-state index contributed by atoms with van der Waals surface area (Å²) >= 11 is 5.94. The Kier molecular flexibility index (Phi) is 6.28. The first-order chi connectivity index (χ1) is 15.0. The lowest BCUT2D eigenvalue weighted by molar-refractivity contribution is 0.0405. The Labute approximate surface area is 183 Å². The highest BCUT2D eigenvalue weighted by Gasteiger charge is 2.27. The van der Waals surface area contributed by atoms with Crippen LogP contribution in [-0.2, 0) is 11.4 Å². The van der Waals surface area contributed by atoms with Crippen LogP contribution in [0.5, 0.6) is 0 Å². The van der Waals surface area contributed by atoms with E-state index in [1.807, 2.05) is 12.1 Å². The molecule has 31 heavy (non-hydrogen) atoms. The van der Waals surface area contributed by atoms with E-state index in [0.29, 0.717) is 11.4 Å². The summed E-state index contributed by atoms with van der Waals surface area (Å²) in [5.41, 5.74) is 2.65. The number of amides is 1. The van der Waals surface area contributed by atoms with Crippen molar-refractivity contribution in [3.05, 3.63) is 106 Å². The van der Waals surface area contributed by atoms with Crippen LogP contribution in [0.3, 0.4) is 0 Å². The first kappa shape index (κ1) is 21.0. The topological polar surface area (TPSA) is 41.9 Å². The van der Waals surface area contributed by atoms with Crippen LogP contribution < -0.4 is 0 Å². The predicted molar refractivity (Wildman–Crippen MR) is 115 cm³/mol. The third kappa shape index (κ3) is 5.27. The molecule has 1 aliphatic rings. The van der Waals surface area contributed by atoms with Gasteiger partial charge < -0.3 is 9.74 Å². The number of hydrogen-bond acceptors (Lipinski definition) is 3. The summed E-state index contributed by atoms with van der Waals surface area (Å²) in [5, 5.41) is 4.79. The average molecular weight is 441 g/mol. The molecule has 0 spiro atoms.